The smallest absolute Gasteiger partial charge is 0.207 e. The maximum atomic E-state index is 5.27. The zero-order chi connectivity index (χ0) is 26.4. The first-order valence-electron chi connectivity index (χ1n) is 14.3. The Morgan fingerprint density at radius 2 is 1.36 bits per heavy atom. The quantitative estimate of drug-likeness (QED) is 0.210. The molecule has 1 fully saturated rings. The molecule has 4 aromatic carbocycles. The van der Waals surface area contributed by atoms with Crippen molar-refractivity contribution in [1.82, 2.24) is 14.5 Å². The molecule has 0 spiro atoms. The van der Waals surface area contributed by atoms with Crippen molar-refractivity contribution >= 4 is 17.0 Å². The highest BCUT2D eigenvalue weighted by Gasteiger charge is 2.28. The molecule has 1 aliphatic heterocycles. The lowest BCUT2D eigenvalue weighted by molar-refractivity contribution is 0.209. The maximum absolute atomic E-state index is 5.27. The third kappa shape index (κ3) is 6.07. The molecule has 0 aliphatic carbocycles. The van der Waals surface area contributed by atoms with Crippen LogP contribution in [0.4, 0.5) is 5.95 Å². The van der Waals surface area contributed by atoms with Gasteiger partial charge in [0.15, 0.2) is 0 Å². The van der Waals surface area contributed by atoms with E-state index in [1.165, 1.54) is 27.8 Å². The molecule has 4 heteroatoms. The van der Waals surface area contributed by atoms with Crippen molar-refractivity contribution < 1.29 is 0 Å². The van der Waals surface area contributed by atoms with Crippen molar-refractivity contribution in [3.8, 4) is 0 Å². The molecule has 0 amide bonds. The van der Waals surface area contributed by atoms with Crippen LogP contribution in [0.15, 0.2) is 109 Å². The number of piperidine rings is 1. The van der Waals surface area contributed by atoms with Crippen molar-refractivity contribution in [2.24, 2.45) is 0 Å². The fourth-order valence-electron chi connectivity index (χ4n) is 5.84. The fraction of sp³-hybridized carbons (Fsp3) is 0.286. The number of likely N-dealkylation sites (tertiary alicyclic amines) is 1. The number of hydrogen-bond donors (Lipinski definition) is 0. The average molecular weight is 515 g/mol. The molecule has 0 N–H and O–H groups in total. The normalized spacial score (nSPS) is 14.6. The van der Waals surface area contributed by atoms with Gasteiger partial charge in [-0.15, -0.1) is 0 Å². The van der Waals surface area contributed by atoms with Gasteiger partial charge in [0.1, 0.15) is 0 Å². The molecule has 2 heterocycles. The lowest BCUT2D eigenvalue weighted by Crippen LogP contribution is -2.46. The second-order valence-electron chi connectivity index (χ2n) is 10.9. The lowest BCUT2D eigenvalue weighted by atomic mass is 10.0. The number of para-hydroxylation sites is 2. The van der Waals surface area contributed by atoms with Crippen LogP contribution < -0.4 is 4.90 Å². The van der Waals surface area contributed by atoms with Gasteiger partial charge in [0.05, 0.1) is 17.6 Å². The highest BCUT2D eigenvalue weighted by Crippen LogP contribution is 2.30. The Balaban J connectivity index is 1.28. The lowest BCUT2D eigenvalue weighted by Gasteiger charge is -2.39. The summed E-state index contributed by atoms with van der Waals surface area (Å²) in [7, 11) is 0. The van der Waals surface area contributed by atoms with Gasteiger partial charge < -0.3 is 14.4 Å². The molecule has 0 unspecified atom stereocenters. The van der Waals surface area contributed by atoms with Crippen LogP contribution in [0.5, 0.6) is 0 Å². The second kappa shape index (κ2) is 11.9. The molecule has 0 atom stereocenters. The van der Waals surface area contributed by atoms with E-state index in [1.54, 1.807) is 0 Å². The van der Waals surface area contributed by atoms with Crippen LogP contribution in [0.25, 0.3) is 11.0 Å². The first kappa shape index (κ1) is 25.4. The van der Waals surface area contributed by atoms with Gasteiger partial charge >= 0.3 is 0 Å². The number of aromatic nitrogens is 2. The van der Waals surface area contributed by atoms with Crippen molar-refractivity contribution in [2.75, 3.05) is 24.5 Å². The van der Waals surface area contributed by atoms with Gasteiger partial charge in [-0.1, -0.05) is 103 Å². The molecule has 1 aromatic heterocycles. The van der Waals surface area contributed by atoms with E-state index in [0.29, 0.717) is 6.04 Å². The third-order valence-corrected chi connectivity index (χ3v) is 8.11. The molecule has 0 saturated carbocycles. The number of fused-ring (bicyclic) bond motifs is 1. The number of benzene rings is 4. The van der Waals surface area contributed by atoms with Crippen molar-refractivity contribution in [3.63, 3.8) is 0 Å². The third-order valence-electron chi connectivity index (χ3n) is 8.11. The van der Waals surface area contributed by atoms with Crippen LogP contribution >= 0.6 is 0 Å². The molecule has 0 bridgehead atoms. The summed E-state index contributed by atoms with van der Waals surface area (Å²) in [6, 6.07) is 39.7. The monoisotopic (exact) mass is 514 g/mol. The summed E-state index contributed by atoms with van der Waals surface area (Å²) in [4.78, 5) is 10.5. The number of anilines is 1. The number of rotatable bonds is 9. The summed E-state index contributed by atoms with van der Waals surface area (Å²) in [5, 5.41) is 0. The average Bonchev–Trinajstić information content (AvgIpc) is 3.35. The summed E-state index contributed by atoms with van der Waals surface area (Å²) >= 11 is 0. The van der Waals surface area contributed by atoms with Crippen LogP contribution in [0.1, 0.15) is 35.1 Å². The number of imidazole rings is 1. The summed E-state index contributed by atoms with van der Waals surface area (Å²) in [5.41, 5.74) is 7.62. The predicted molar refractivity (Wildman–Crippen MR) is 162 cm³/mol. The highest BCUT2D eigenvalue weighted by atomic mass is 15.3. The van der Waals surface area contributed by atoms with Crippen LogP contribution in [-0.2, 0) is 19.5 Å². The van der Waals surface area contributed by atoms with Gasteiger partial charge in [0.25, 0.3) is 0 Å². The molecule has 0 radical (unpaired) electrons. The molecule has 4 nitrogen and oxygen atoms in total. The maximum Gasteiger partial charge on any atom is 0.207 e. The van der Waals surface area contributed by atoms with Gasteiger partial charge in [-0.05, 0) is 55.0 Å². The van der Waals surface area contributed by atoms with E-state index in [2.05, 4.69) is 130 Å². The Morgan fingerprint density at radius 1 is 0.718 bits per heavy atom. The van der Waals surface area contributed by atoms with Crippen LogP contribution in [-0.4, -0.2) is 40.1 Å². The Bertz CT molecular complexity index is 1470. The van der Waals surface area contributed by atoms with Gasteiger partial charge in [-0.3, -0.25) is 0 Å². The zero-order valence-corrected chi connectivity index (χ0v) is 22.9. The second-order valence-corrected chi connectivity index (χ2v) is 10.9. The molecule has 39 heavy (non-hydrogen) atoms. The first-order chi connectivity index (χ1) is 19.2. The molecular weight excluding hydrogens is 476 g/mol. The Morgan fingerprint density at radius 3 is 2.08 bits per heavy atom. The minimum absolute atomic E-state index is 0.451. The topological polar surface area (TPSA) is 24.3 Å². The molecule has 1 saturated heterocycles. The summed E-state index contributed by atoms with van der Waals surface area (Å²) in [6.07, 6.45) is 3.41. The number of aryl methyl sites for hydroxylation is 1. The van der Waals surface area contributed by atoms with Gasteiger partial charge in [0, 0.05) is 32.2 Å². The molecule has 6 rings (SSSR count). The van der Waals surface area contributed by atoms with Crippen molar-refractivity contribution in [3.05, 3.63) is 131 Å². The van der Waals surface area contributed by atoms with Crippen LogP contribution in [0, 0.1) is 6.92 Å². The molecular formula is C35H38N4. The number of hydrogen-bond acceptors (Lipinski definition) is 3. The first-order valence-corrected chi connectivity index (χ1v) is 14.3. The fourth-order valence-corrected chi connectivity index (χ4v) is 5.84. The Kier molecular flexibility index (Phi) is 7.73. The Hall–Kier alpha value is -3.89. The minimum atomic E-state index is 0.451. The van der Waals surface area contributed by atoms with E-state index in [1.807, 2.05) is 0 Å². The standard InChI is InChI=1S/C35H38N4/c1-28-16-18-31(19-17-28)27-39-34-15-9-8-14-33(34)36-35(39)38(26-30-12-6-3-7-13-30)32-21-24-37(25-22-32)23-20-29-10-4-2-5-11-29/h2-19,32H,20-27H2,1H3. The summed E-state index contributed by atoms with van der Waals surface area (Å²) in [5.74, 6) is 1.09. The predicted octanol–water partition coefficient (Wildman–Crippen LogP) is 7.11. The van der Waals surface area contributed by atoms with E-state index in [-0.39, 0.29) is 0 Å². The molecule has 1 aliphatic rings. The summed E-state index contributed by atoms with van der Waals surface area (Å²) < 4.78 is 2.44. The van der Waals surface area contributed by atoms with Crippen LogP contribution in [0.3, 0.4) is 0 Å². The van der Waals surface area contributed by atoms with E-state index in [0.717, 1.165) is 63.5 Å². The van der Waals surface area contributed by atoms with Crippen LogP contribution in [0.2, 0.25) is 0 Å². The SMILES string of the molecule is Cc1ccc(Cn2c(N(Cc3ccccc3)C3CCN(CCc4ccccc4)CC3)nc3ccccc32)cc1. The van der Waals surface area contributed by atoms with Gasteiger partial charge in [-0.2, -0.15) is 0 Å². The largest absolute Gasteiger partial charge is 0.335 e. The van der Waals surface area contributed by atoms with E-state index < -0.39 is 0 Å². The van der Waals surface area contributed by atoms with Gasteiger partial charge in [0.2, 0.25) is 5.95 Å². The van der Waals surface area contributed by atoms with E-state index in [4.69, 9.17) is 4.98 Å². The van der Waals surface area contributed by atoms with E-state index >= 15 is 0 Å². The summed E-state index contributed by atoms with van der Waals surface area (Å²) in [6.45, 7) is 7.21. The van der Waals surface area contributed by atoms with Crippen molar-refractivity contribution in [1.29, 1.82) is 0 Å². The zero-order valence-electron chi connectivity index (χ0n) is 22.9. The Labute approximate surface area is 232 Å². The minimum Gasteiger partial charge on any atom is -0.335 e. The molecule has 5 aromatic rings. The number of nitrogens with zero attached hydrogens (tertiary/aromatic N) is 4. The van der Waals surface area contributed by atoms with Gasteiger partial charge in [-0.25, -0.2) is 4.98 Å². The van der Waals surface area contributed by atoms with E-state index in [9.17, 15) is 0 Å². The van der Waals surface area contributed by atoms with Crippen molar-refractivity contribution in [2.45, 2.75) is 45.3 Å². The molecule has 198 valence electrons. The highest BCUT2D eigenvalue weighted by molar-refractivity contribution is 5.79.